The Labute approximate surface area is 133 Å². The number of hydrogen-bond acceptors (Lipinski definition) is 4. The van der Waals surface area contributed by atoms with Crippen molar-refractivity contribution in [3.8, 4) is 17.2 Å². The van der Waals surface area contributed by atoms with E-state index in [1.165, 1.54) is 7.11 Å². The van der Waals surface area contributed by atoms with Gasteiger partial charge in [0.1, 0.15) is 19.0 Å². The summed E-state index contributed by atoms with van der Waals surface area (Å²) in [7, 11) is 1.49. The topological polar surface area (TPSA) is 70.8 Å². The molecule has 0 saturated heterocycles. The van der Waals surface area contributed by atoms with Gasteiger partial charge >= 0.3 is 0 Å². The van der Waals surface area contributed by atoms with E-state index in [4.69, 9.17) is 31.5 Å². The lowest BCUT2D eigenvalue weighted by Gasteiger charge is -2.14. The molecule has 1 amide bonds. The highest BCUT2D eigenvalue weighted by Crippen LogP contribution is 2.31. The third kappa shape index (κ3) is 3.83. The van der Waals surface area contributed by atoms with Gasteiger partial charge in [-0.1, -0.05) is 29.8 Å². The normalized spacial score (nSPS) is 10.1. The van der Waals surface area contributed by atoms with Gasteiger partial charge in [0.25, 0.3) is 5.91 Å². The second-order valence-electron chi connectivity index (χ2n) is 4.33. The highest BCUT2D eigenvalue weighted by Gasteiger charge is 2.14. The minimum absolute atomic E-state index is 0.214. The van der Waals surface area contributed by atoms with Crippen molar-refractivity contribution in [2.24, 2.45) is 5.73 Å². The molecular formula is C16H16ClNO4. The van der Waals surface area contributed by atoms with Crippen molar-refractivity contribution in [2.45, 2.75) is 0 Å². The summed E-state index contributed by atoms with van der Waals surface area (Å²) in [6.45, 7) is 0.478. The molecule has 0 spiro atoms. The molecule has 22 heavy (non-hydrogen) atoms. The van der Waals surface area contributed by atoms with Crippen molar-refractivity contribution in [2.75, 3.05) is 20.3 Å². The fourth-order valence-corrected chi connectivity index (χ4v) is 2.07. The molecule has 5 nitrogen and oxygen atoms in total. The fourth-order valence-electron chi connectivity index (χ4n) is 1.88. The summed E-state index contributed by atoms with van der Waals surface area (Å²) in [4.78, 5) is 11.4. The van der Waals surface area contributed by atoms with Crippen molar-refractivity contribution in [1.82, 2.24) is 0 Å². The molecule has 0 atom stereocenters. The van der Waals surface area contributed by atoms with Crippen molar-refractivity contribution >= 4 is 17.5 Å². The number of benzene rings is 2. The Kier molecular flexibility index (Phi) is 5.49. The smallest absolute Gasteiger partial charge is 0.252 e. The predicted molar refractivity (Wildman–Crippen MR) is 84.0 cm³/mol. The second kappa shape index (κ2) is 7.56. The quantitative estimate of drug-likeness (QED) is 0.796. The lowest BCUT2D eigenvalue weighted by molar-refractivity contribution is 0.0994. The van der Waals surface area contributed by atoms with Crippen LogP contribution in [0.5, 0.6) is 17.2 Å². The lowest BCUT2D eigenvalue weighted by Crippen LogP contribution is -2.16. The number of nitrogens with two attached hydrogens (primary N) is 1. The van der Waals surface area contributed by atoms with E-state index < -0.39 is 5.91 Å². The van der Waals surface area contributed by atoms with Crippen LogP contribution in [0.4, 0.5) is 0 Å². The Hall–Kier alpha value is -2.40. The van der Waals surface area contributed by atoms with Crippen LogP contribution < -0.4 is 19.9 Å². The van der Waals surface area contributed by atoms with Gasteiger partial charge in [-0.3, -0.25) is 4.79 Å². The zero-order chi connectivity index (χ0) is 15.9. The Morgan fingerprint density at radius 2 is 1.73 bits per heavy atom. The van der Waals surface area contributed by atoms with E-state index in [2.05, 4.69) is 0 Å². The molecule has 0 aliphatic rings. The Morgan fingerprint density at radius 1 is 1.05 bits per heavy atom. The van der Waals surface area contributed by atoms with Gasteiger partial charge in [0.2, 0.25) is 0 Å². The van der Waals surface area contributed by atoms with Crippen LogP contribution in [0.15, 0.2) is 42.5 Å². The van der Waals surface area contributed by atoms with Crippen molar-refractivity contribution < 1.29 is 19.0 Å². The summed E-state index contributed by atoms with van der Waals surface area (Å²) in [5, 5.41) is 0.526. The molecule has 0 bridgehead atoms. The predicted octanol–water partition coefficient (Wildman–Crippen LogP) is 2.91. The third-order valence-electron chi connectivity index (χ3n) is 2.89. The van der Waals surface area contributed by atoms with Gasteiger partial charge in [0, 0.05) is 0 Å². The Bertz CT molecular complexity index is 660. The molecule has 2 aromatic rings. The van der Waals surface area contributed by atoms with Crippen LogP contribution in [-0.2, 0) is 0 Å². The monoisotopic (exact) mass is 321 g/mol. The van der Waals surface area contributed by atoms with Crippen LogP contribution in [0.3, 0.4) is 0 Å². The average molecular weight is 322 g/mol. The third-order valence-corrected chi connectivity index (χ3v) is 3.20. The first-order chi connectivity index (χ1) is 10.6. The first-order valence-corrected chi connectivity index (χ1v) is 6.98. The van der Waals surface area contributed by atoms with Crippen LogP contribution in [0, 0.1) is 0 Å². The Morgan fingerprint density at radius 3 is 2.41 bits per heavy atom. The number of rotatable bonds is 7. The summed E-state index contributed by atoms with van der Waals surface area (Å²) in [5.41, 5.74) is 5.59. The molecule has 6 heteroatoms. The number of carbonyl (C=O) groups is 1. The van der Waals surface area contributed by atoms with Crippen LogP contribution >= 0.6 is 11.6 Å². The van der Waals surface area contributed by atoms with Crippen molar-refractivity contribution in [3.05, 3.63) is 53.1 Å². The van der Waals surface area contributed by atoms with E-state index in [-0.39, 0.29) is 18.8 Å². The zero-order valence-corrected chi connectivity index (χ0v) is 12.8. The SMILES string of the molecule is COc1cccc(C(N)=O)c1OCCOc1ccccc1Cl. The largest absolute Gasteiger partial charge is 0.493 e. The highest BCUT2D eigenvalue weighted by molar-refractivity contribution is 6.32. The van der Waals surface area contributed by atoms with Crippen LogP contribution in [0.1, 0.15) is 10.4 Å². The number of halogens is 1. The van der Waals surface area contributed by atoms with Crippen molar-refractivity contribution in [1.29, 1.82) is 0 Å². The maximum Gasteiger partial charge on any atom is 0.252 e. The van der Waals surface area contributed by atoms with E-state index in [0.717, 1.165) is 0 Å². The molecule has 2 aromatic carbocycles. The number of para-hydroxylation sites is 2. The van der Waals surface area contributed by atoms with E-state index in [9.17, 15) is 4.79 Å². The molecular weight excluding hydrogens is 306 g/mol. The zero-order valence-electron chi connectivity index (χ0n) is 12.0. The van der Waals surface area contributed by atoms with Gasteiger partial charge in [-0.05, 0) is 24.3 Å². The molecule has 2 rings (SSSR count). The molecule has 0 heterocycles. The summed E-state index contributed by atoms with van der Waals surface area (Å²) in [5.74, 6) is 0.734. The maximum absolute atomic E-state index is 11.4. The van der Waals surface area contributed by atoms with Gasteiger partial charge in [0.05, 0.1) is 17.7 Å². The average Bonchev–Trinajstić information content (AvgIpc) is 2.52. The first-order valence-electron chi connectivity index (χ1n) is 6.60. The molecule has 0 saturated carbocycles. The van der Waals surface area contributed by atoms with Crippen LogP contribution in [-0.4, -0.2) is 26.2 Å². The number of primary amides is 1. The maximum atomic E-state index is 11.4. The minimum Gasteiger partial charge on any atom is -0.493 e. The van der Waals surface area contributed by atoms with Crippen LogP contribution in [0.2, 0.25) is 5.02 Å². The molecule has 0 unspecified atom stereocenters. The summed E-state index contributed by atoms with van der Waals surface area (Å²) >= 11 is 5.99. The number of hydrogen-bond donors (Lipinski definition) is 1. The highest BCUT2D eigenvalue weighted by atomic mass is 35.5. The van der Waals surface area contributed by atoms with Gasteiger partial charge in [-0.15, -0.1) is 0 Å². The minimum atomic E-state index is -0.582. The van der Waals surface area contributed by atoms with Gasteiger partial charge in [0.15, 0.2) is 11.5 Å². The second-order valence-corrected chi connectivity index (χ2v) is 4.74. The number of amides is 1. The molecule has 0 aliphatic heterocycles. The van der Waals surface area contributed by atoms with E-state index >= 15 is 0 Å². The molecule has 0 aliphatic carbocycles. The molecule has 2 N–H and O–H groups in total. The van der Waals surface area contributed by atoms with Gasteiger partial charge in [-0.25, -0.2) is 0 Å². The number of carbonyl (C=O) groups excluding carboxylic acids is 1. The Balaban J connectivity index is 2.00. The van der Waals surface area contributed by atoms with E-state index in [1.54, 1.807) is 30.3 Å². The molecule has 0 aromatic heterocycles. The van der Waals surface area contributed by atoms with E-state index in [1.807, 2.05) is 12.1 Å². The first kappa shape index (κ1) is 16.0. The molecule has 116 valence electrons. The van der Waals surface area contributed by atoms with Crippen molar-refractivity contribution in [3.63, 3.8) is 0 Å². The number of ether oxygens (including phenoxy) is 3. The lowest BCUT2D eigenvalue weighted by atomic mass is 10.2. The summed E-state index contributed by atoms with van der Waals surface area (Å²) in [6, 6.07) is 12.1. The number of methoxy groups -OCH3 is 1. The molecule has 0 fully saturated rings. The standard InChI is InChI=1S/C16H16ClNO4/c1-20-14-8-4-5-11(16(18)19)15(14)22-10-9-21-13-7-3-2-6-12(13)17/h2-8H,9-10H2,1H3,(H2,18,19). The summed E-state index contributed by atoms with van der Waals surface area (Å²) in [6.07, 6.45) is 0. The van der Waals surface area contributed by atoms with E-state index in [0.29, 0.717) is 22.3 Å². The van der Waals surface area contributed by atoms with Gasteiger partial charge in [-0.2, -0.15) is 0 Å². The van der Waals surface area contributed by atoms with Crippen LogP contribution in [0.25, 0.3) is 0 Å². The summed E-state index contributed by atoms with van der Waals surface area (Å²) < 4.78 is 16.3. The molecule has 0 radical (unpaired) electrons. The fraction of sp³-hybridized carbons (Fsp3) is 0.188. The van der Waals surface area contributed by atoms with Gasteiger partial charge < -0.3 is 19.9 Å².